The Bertz CT molecular complexity index is 1180. The predicted octanol–water partition coefficient (Wildman–Crippen LogP) is 4.59. The van der Waals surface area contributed by atoms with E-state index in [2.05, 4.69) is 27.3 Å². The number of pyridine rings is 1. The number of benzene rings is 2. The lowest BCUT2D eigenvalue weighted by molar-refractivity contribution is 0.0825. The summed E-state index contributed by atoms with van der Waals surface area (Å²) in [5, 5.41) is 9.54. The van der Waals surface area contributed by atoms with Gasteiger partial charge in [0.25, 0.3) is 0 Å². The van der Waals surface area contributed by atoms with E-state index in [1.807, 2.05) is 60.1 Å². The van der Waals surface area contributed by atoms with Crippen LogP contribution >= 0.6 is 11.8 Å². The van der Waals surface area contributed by atoms with Crippen molar-refractivity contribution in [3.8, 4) is 17.2 Å². The Morgan fingerprint density at radius 2 is 1.75 bits per heavy atom. The van der Waals surface area contributed by atoms with E-state index in [0.717, 1.165) is 39.5 Å². The highest BCUT2D eigenvalue weighted by molar-refractivity contribution is 7.98. The van der Waals surface area contributed by atoms with Crippen molar-refractivity contribution in [3.05, 3.63) is 90.0 Å². The lowest BCUT2D eigenvalue weighted by Crippen LogP contribution is -2.24. The van der Waals surface area contributed by atoms with Gasteiger partial charge in [0, 0.05) is 25.2 Å². The van der Waals surface area contributed by atoms with Crippen molar-refractivity contribution in [3.63, 3.8) is 0 Å². The van der Waals surface area contributed by atoms with Gasteiger partial charge in [0.15, 0.2) is 28.6 Å². The highest BCUT2D eigenvalue weighted by Crippen LogP contribution is 2.36. The summed E-state index contributed by atoms with van der Waals surface area (Å²) in [7, 11) is 1.96. The van der Waals surface area contributed by atoms with Gasteiger partial charge in [0.2, 0.25) is 0 Å². The maximum absolute atomic E-state index is 6.07. The SMILES string of the molecule is Cn1c(SCc2ccc(OCc3ccncc3)cc2)nnc1[C@H]1COc2ccccc2O1. The molecular formula is C24H22N4O3S. The summed E-state index contributed by atoms with van der Waals surface area (Å²) in [6.07, 6.45) is 3.25. The minimum absolute atomic E-state index is 0.284. The lowest BCUT2D eigenvalue weighted by atomic mass is 10.2. The van der Waals surface area contributed by atoms with Gasteiger partial charge >= 0.3 is 0 Å². The molecule has 0 spiro atoms. The summed E-state index contributed by atoms with van der Waals surface area (Å²) in [4.78, 5) is 4.02. The molecule has 2 aromatic heterocycles. The van der Waals surface area contributed by atoms with E-state index in [1.165, 1.54) is 5.56 Å². The van der Waals surface area contributed by atoms with E-state index in [-0.39, 0.29) is 6.10 Å². The van der Waals surface area contributed by atoms with Crippen LogP contribution < -0.4 is 14.2 Å². The zero-order chi connectivity index (χ0) is 21.8. The number of aromatic nitrogens is 4. The predicted molar refractivity (Wildman–Crippen MR) is 121 cm³/mol. The molecule has 4 aromatic rings. The van der Waals surface area contributed by atoms with Crippen LogP contribution in [0.4, 0.5) is 0 Å². The van der Waals surface area contributed by atoms with Crippen LogP contribution in [0.1, 0.15) is 23.1 Å². The number of hydrogen-bond donors (Lipinski definition) is 0. The van der Waals surface area contributed by atoms with Crippen molar-refractivity contribution >= 4 is 11.8 Å². The fourth-order valence-electron chi connectivity index (χ4n) is 3.35. The summed E-state index contributed by atoms with van der Waals surface area (Å²) in [6.45, 7) is 0.935. The van der Waals surface area contributed by atoms with Crippen LogP contribution in [0.3, 0.4) is 0 Å². The monoisotopic (exact) mass is 446 g/mol. The highest BCUT2D eigenvalue weighted by Gasteiger charge is 2.27. The van der Waals surface area contributed by atoms with Crippen LogP contribution in [-0.4, -0.2) is 26.4 Å². The van der Waals surface area contributed by atoms with E-state index in [9.17, 15) is 0 Å². The molecule has 0 saturated carbocycles. The second-order valence-electron chi connectivity index (χ2n) is 7.34. The number of ether oxygens (including phenoxy) is 3. The van der Waals surface area contributed by atoms with Gasteiger partial charge in [0.1, 0.15) is 19.0 Å². The van der Waals surface area contributed by atoms with E-state index >= 15 is 0 Å². The largest absolute Gasteiger partial charge is 0.489 e. The van der Waals surface area contributed by atoms with Gasteiger partial charge in [-0.1, -0.05) is 36.0 Å². The van der Waals surface area contributed by atoms with Crippen molar-refractivity contribution < 1.29 is 14.2 Å². The molecule has 0 fully saturated rings. The first-order valence-electron chi connectivity index (χ1n) is 10.3. The molecule has 0 N–H and O–H groups in total. The summed E-state index contributed by atoms with van der Waals surface area (Å²) in [6, 6.07) is 19.7. The van der Waals surface area contributed by atoms with Crippen LogP contribution in [0.5, 0.6) is 17.2 Å². The zero-order valence-electron chi connectivity index (χ0n) is 17.5. The van der Waals surface area contributed by atoms with Crippen LogP contribution in [0.15, 0.2) is 78.2 Å². The Balaban J connectivity index is 1.17. The average Bonchev–Trinajstić information content (AvgIpc) is 3.22. The van der Waals surface area contributed by atoms with Gasteiger partial charge in [0.05, 0.1) is 0 Å². The van der Waals surface area contributed by atoms with Gasteiger partial charge in [-0.3, -0.25) is 4.98 Å². The molecule has 1 aliphatic rings. The maximum Gasteiger partial charge on any atom is 0.192 e. The first kappa shape index (κ1) is 20.4. The Labute approximate surface area is 190 Å². The average molecular weight is 447 g/mol. The lowest BCUT2D eigenvalue weighted by Gasteiger charge is -2.25. The van der Waals surface area contributed by atoms with Crippen molar-refractivity contribution in [2.45, 2.75) is 23.6 Å². The summed E-state index contributed by atoms with van der Waals surface area (Å²) < 4.78 is 19.7. The van der Waals surface area contributed by atoms with Gasteiger partial charge in [-0.2, -0.15) is 0 Å². The molecule has 5 rings (SSSR count). The third kappa shape index (κ3) is 4.55. The molecule has 1 atom stereocenters. The molecule has 0 amide bonds. The number of fused-ring (bicyclic) bond motifs is 1. The molecule has 162 valence electrons. The summed E-state index contributed by atoms with van der Waals surface area (Å²) in [5.74, 6) is 3.86. The first-order valence-corrected chi connectivity index (χ1v) is 11.3. The van der Waals surface area contributed by atoms with Gasteiger partial charge in [-0.05, 0) is 47.5 Å². The standard InChI is InChI=1S/C24H22N4O3S/c1-28-23(22-15-30-20-4-2-3-5-21(20)31-22)26-27-24(28)32-16-18-6-8-19(9-7-18)29-14-17-10-12-25-13-11-17/h2-13,22H,14-16H2,1H3/t22-/m1/s1. The van der Waals surface area contributed by atoms with Crippen molar-refractivity contribution in [2.24, 2.45) is 7.05 Å². The molecule has 7 nitrogen and oxygen atoms in total. The van der Waals surface area contributed by atoms with Crippen molar-refractivity contribution in [1.82, 2.24) is 19.7 Å². The smallest absolute Gasteiger partial charge is 0.192 e. The van der Waals surface area contributed by atoms with Crippen molar-refractivity contribution in [2.75, 3.05) is 6.61 Å². The van der Waals surface area contributed by atoms with E-state index in [4.69, 9.17) is 14.2 Å². The molecule has 2 aromatic carbocycles. The van der Waals surface area contributed by atoms with Gasteiger partial charge < -0.3 is 18.8 Å². The highest BCUT2D eigenvalue weighted by atomic mass is 32.2. The Hall–Kier alpha value is -3.52. The molecular weight excluding hydrogens is 424 g/mol. The summed E-state index contributed by atoms with van der Waals surface area (Å²) in [5.41, 5.74) is 2.27. The number of thioether (sulfide) groups is 1. The topological polar surface area (TPSA) is 71.3 Å². The minimum atomic E-state index is -0.284. The van der Waals surface area contributed by atoms with Crippen molar-refractivity contribution in [1.29, 1.82) is 0 Å². The molecule has 0 radical (unpaired) electrons. The Kier molecular flexibility index (Phi) is 5.93. The minimum Gasteiger partial charge on any atom is -0.489 e. The fraction of sp³-hybridized carbons (Fsp3) is 0.208. The molecule has 0 bridgehead atoms. The Morgan fingerprint density at radius 1 is 0.969 bits per heavy atom. The number of nitrogens with zero attached hydrogens (tertiary/aromatic N) is 4. The number of para-hydroxylation sites is 2. The third-order valence-electron chi connectivity index (χ3n) is 5.11. The molecule has 0 unspecified atom stereocenters. The maximum atomic E-state index is 6.07. The molecule has 0 saturated heterocycles. The third-order valence-corrected chi connectivity index (χ3v) is 6.20. The summed E-state index contributed by atoms with van der Waals surface area (Å²) >= 11 is 1.63. The molecule has 3 heterocycles. The molecule has 0 aliphatic carbocycles. The zero-order valence-corrected chi connectivity index (χ0v) is 18.4. The van der Waals surface area contributed by atoms with E-state index in [0.29, 0.717) is 13.2 Å². The van der Waals surface area contributed by atoms with Crippen LogP contribution in [-0.2, 0) is 19.4 Å². The second kappa shape index (κ2) is 9.32. The van der Waals surface area contributed by atoms with E-state index in [1.54, 1.807) is 24.2 Å². The second-order valence-corrected chi connectivity index (χ2v) is 8.28. The fourth-order valence-corrected chi connectivity index (χ4v) is 4.23. The number of hydrogen-bond acceptors (Lipinski definition) is 7. The molecule has 32 heavy (non-hydrogen) atoms. The molecule has 1 aliphatic heterocycles. The van der Waals surface area contributed by atoms with Gasteiger partial charge in [-0.25, -0.2) is 0 Å². The Morgan fingerprint density at radius 3 is 2.56 bits per heavy atom. The van der Waals surface area contributed by atoms with Crippen LogP contribution in [0.2, 0.25) is 0 Å². The first-order chi connectivity index (χ1) is 15.8. The van der Waals surface area contributed by atoms with Crippen LogP contribution in [0, 0.1) is 0 Å². The normalized spacial score (nSPS) is 14.8. The molecule has 8 heteroatoms. The van der Waals surface area contributed by atoms with Gasteiger partial charge in [-0.15, -0.1) is 10.2 Å². The van der Waals surface area contributed by atoms with E-state index < -0.39 is 0 Å². The van der Waals surface area contributed by atoms with Crippen LogP contribution in [0.25, 0.3) is 0 Å². The quantitative estimate of drug-likeness (QED) is 0.384. The number of rotatable bonds is 7.